The molecule has 0 N–H and O–H groups in total. The summed E-state index contributed by atoms with van der Waals surface area (Å²) in [6, 6.07) is 0. The second-order valence-electron chi connectivity index (χ2n) is 4.67. The third-order valence-corrected chi connectivity index (χ3v) is 3.21. The Morgan fingerprint density at radius 1 is 1.14 bits per heavy atom. The molecule has 1 atom stereocenters. The smallest absolute Gasteiger partial charge is 0.133 e. The molecule has 0 aromatic rings. The van der Waals surface area contributed by atoms with E-state index in [0.29, 0.717) is 22.2 Å². The minimum Gasteiger partial charge on any atom is -0.300 e. The zero-order valence-electron chi connectivity index (χ0n) is 10.2. The molecule has 2 heteroatoms. The van der Waals surface area contributed by atoms with E-state index in [1.54, 1.807) is 0 Å². The normalized spacial score (nSPS) is 13.6. The average Bonchev–Trinajstić information content (AvgIpc) is 1.98. The molecule has 0 bridgehead atoms. The minimum atomic E-state index is 0.427. The second-order valence-corrected chi connectivity index (χ2v) is 6.69. The van der Waals surface area contributed by atoms with Crippen molar-refractivity contribution < 1.29 is 4.79 Å². The highest BCUT2D eigenvalue weighted by Gasteiger charge is 2.09. The maximum Gasteiger partial charge on any atom is 0.133 e. The maximum absolute atomic E-state index is 11.4. The second kappa shape index (κ2) is 7.33. The van der Waals surface area contributed by atoms with Crippen LogP contribution in [0.5, 0.6) is 0 Å². The van der Waals surface area contributed by atoms with Crippen LogP contribution in [0.2, 0.25) is 0 Å². The molecule has 0 aliphatic carbocycles. The van der Waals surface area contributed by atoms with Gasteiger partial charge in [0.15, 0.2) is 0 Å². The summed E-state index contributed by atoms with van der Waals surface area (Å²) in [5.41, 5.74) is 0. The molecule has 0 aliphatic rings. The molecule has 0 rings (SSSR count). The first kappa shape index (κ1) is 14.0. The van der Waals surface area contributed by atoms with Crippen LogP contribution in [0.25, 0.3) is 0 Å². The lowest BCUT2D eigenvalue weighted by Crippen LogP contribution is -2.08. The number of rotatable bonds is 7. The van der Waals surface area contributed by atoms with Gasteiger partial charge in [-0.3, -0.25) is 4.79 Å². The summed E-state index contributed by atoms with van der Waals surface area (Å²) < 4.78 is 0. The van der Waals surface area contributed by atoms with Gasteiger partial charge in [0.25, 0.3) is 0 Å². The van der Waals surface area contributed by atoms with Crippen molar-refractivity contribution in [2.45, 2.75) is 64.4 Å². The van der Waals surface area contributed by atoms with Gasteiger partial charge in [-0.25, -0.2) is 0 Å². The fourth-order valence-corrected chi connectivity index (χ4v) is 2.64. The van der Waals surface area contributed by atoms with E-state index >= 15 is 0 Å². The van der Waals surface area contributed by atoms with Gasteiger partial charge in [0.2, 0.25) is 0 Å². The Kier molecular flexibility index (Phi) is 7.34. The molecule has 0 spiro atoms. The summed E-state index contributed by atoms with van der Waals surface area (Å²) in [6.07, 6.45) is 2.55. The Labute approximate surface area is 93.0 Å². The van der Waals surface area contributed by atoms with Crippen LogP contribution in [0.3, 0.4) is 0 Å². The van der Waals surface area contributed by atoms with Crippen LogP contribution in [0.4, 0.5) is 0 Å². The molecule has 0 aromatic carbocycles. The molecule has 84 valence electrons. The van der Waals surface area contributed by atoms with Crippen molar-refractivity contribution in [2.75, 3.05) is 0 Å². The number of carbonyl (C=O) groups excluding carboxylic acids is 1. The lowest BCUT2D eigenvalue weighted by Gasteiger charge is -2.13. The van der Waals surface area contributed by atoms with E-state index in [2.05, 4.69) is 34.6 Å². The van der Waals surface area contributed by atoms with Gasteiger partial charge in [-0.2, -0.15) is 11.8 Å². The minimum absolute atomic E-state index is 0.427. The van der Waals surface area contributed by atoms with Crippen molar-refractivity contribution in [3.63, 3.8) is 0 Å². The van der Waals surface area contributed by atoms with Gasteiger partial charge in [0.1, 0.15) is 5.78 Å². The standard InChI is InChI=1S/C12H24OS/c1-9(2)8-12(13)7-6-11(5)14-10(3)4/h9-11H,6-8H2,1-5H3. The molecule has 0 radical (unpaired) electrons. The summed E-state index contributed by atoms with van der Waals surface area (Å²) in [5.74, 6) is 0.937. The molecule has 0 aromatic heterocycles. The van der Waals surface area contributed by atoms with Gasteiger partial charge in [-0.15, -0.1) is 0 Å². The lowest BCUT2D eigenvalue weighted by molar-refractivity contribution is -0.119. The predicted octanol–water partition coefficient (Wildman–Crippen LogP) is 3.91. The third-order valence-electron chi connectivity index (χ3n) is 1.97. The Bertz CT molecular complexity index is 164. The van der Waals surface area contributed by atoms with Crippen molar-refractivity contribution in [1.82, 2.24) is 0 Å². The van der Waals surface area contributed by atoms with Crippen molar-refractivity contribution in [3.05, 3.63) is 0 Å². The molecular weight excluding hydrogens is 192 g/mol. The van der Waals surface area contributed by atoms with Crippen molar-refractivity contribution in [1.29, 1.82) is 0 Å². The van der Waals surface area contributed by atoms with E-state index in [9.17, 15) is 4.79 Å². The highest BCUT2D eigenvalue weighted by Crippen LogP contribution is 2.21. The van der Waals surface area contributed by atoms with E-state index < -0.39 is 0 Å². The first-order valence-electron chi connectivity index (χ1n) is 5.59. The first-order chi connectivity index (χ1) is 6.41. The highest BCUT2D eigenvalue weighted by molar-refractivity contribution is 8.00. The number of hydrogen-bond acceptors (Lipinski definition) is 2. The summed E-state index contributed by atoms with van der Waals surface area (Å²) in [5, 5.41) is 1.29. The molecule has 0 fully saturated rings. The van der Waals surface area contributed by atoms with E-state index in [-0.39, 0.29) is 0 Å². The van der Waals surface area contributed by atoms with Gasteiger partial charge in [0.05, 0.1) is 0 Å². The summed E-state index contributed by atoms with van der Waals surface area (Å²) >= 11 is 1.96. The van der Waals surface area contributed by atoms with Crippen molar-refractivity contribution >= 4 is 17.5 Å². The van der Waals surface area contributed by atoms with Crippen LogP contribution in [-0.2, 0) is 4.79 Å². The number of Topliss-reactive ketones (excluding diaryl/α,β-unsaturated/α-hetero) is 1. The molecular formula is C12H24OS. The maximum atomic E-state index is 11.4. The Morgan fingerprint density at radius 3 is 2.14 bits per heavy atom. The van der Waals surface area contributed by atoms with Gasteiger partial charge in [-0.05, 0) is 17.6 Å². The molecule has 0 saturated carbocycles. The number of thioether (sulfide) groups is 1. The Balaban J connectivity index is 3.56. The van der Waals surface area contributed by atoms with E-state index in [4.69, 9.17) is 0 Å². The molecule has 14 heavy (non-hydrogen) atoms. The van der Waals surface area contributed by atoms with Crippen LogP contribution in [-0.4, -0.2) is 16.3 Å². The quantitative estimate of drug-likeness (QED) is 0.642. The Morgan fingerprint density at radius 2 is 1.71 bits per heavy atom. The fourth-order valence-electron chi connectivity index (χ4n) is 1.45. The monoisotopic (exact) mass is 216 g/mol. The van der Waals surface area contributed by atoms with E-state index in [0.717, 1.165) is 19.3 Å². The van der Waals surface area contributed by atoms with Gasteiger partial charge in [-0.1, -0.05) is 34.6 Å². The first-order valence-corrected chi connectivity index (χ1v) is 6.53. The Hall–Kier alpha value is 0.0200. The van der Waals surface area contributed by atoms with Crippen LogP contribution in [0.1, 0.15) is 53.9 Å². The van der Waals surface area contributed by atoms with E-state index in [1.165, 1.54) is 0 Å². The van der Waals surface area contributed by atoms with Crippen molar-refractivity contribution in [2.24, 2.45) is 5.92 Å². The summed E-state index contributed by atoms with van der Waals surface area (Å²) in [4.78, 5) is 11.4. The van der Waals surface area contributed by atoms with Gasteiger partial charge >= 0.3 is 0 Å². The number of ketones is 1. The summed E-state index contributed by atoms with van der Waals surface area (Å²) in [6.45, 7) is 10.8. The lowest BCUT2D eigenvalue weighted by atomic mass is 10.0. The van der Waals surface area contributed by atoms with Crippen LogP contribution < -0.4 is 0 Å². The van der Waals surface area contributed by atoms with Crippen LogP contribution >= 0.6 is 11.8 Å². The van der Waals surface area contributed by atoms with Gasteiger partial charge < -0.3 is 0 Å². The molecule has 0 saturated heterocycles. The average molecular weight is 216 g/mol. The van der Waals surface area contributed by atoms with E-state index in [1.807, 2.05) is 11.8 Å². The van der Waals surface area contributed by atoms with Crippen LogP contribution in [0, 0.1) is 5.92 Å². The molecule has 0 aliphatic heterocycles. The number of hydrogen-bond donors (Lipinski definition) is 0. The fraction of sp³-hybridized carbons (Fsp3) is 0.917. The number of carbonyl (C=O) groups is 1. The zero-order chi connectivity index (χ0) is 11.1. The predicted molar refractivity (Wildman–Crippen MR) is 65.9 cm³/mol. The largest absolute Gasteiger partial charge is 0.300 e. The molecule has 1 nitrogen and oxygen atoms in total. The third kappa shape index (κ3) is 8.61. The summed E-state index contributed by atoms with van der Waals surface area (Å²) in [7, 11) is 0. The van der Waals surface area contributed by atoms with Gasteiger partial charge in [0, 0.05) is 18.1 Å². The highest BCUT2D eigenvalue weighted by atomic mass is 32.2. The zero-order valence-corrected chi connectivity index (χ0v) is 11.0. The molecule has 1 unspecified atom stereocenters. The topological polar surface area (TPSA) is 17.1 Å². The molecule has 0 amide bonds. The van der Waals surface area contributed by atoms with Crippen LogP contribution in [0.15, 0.2) is 0 Å². The SMILES string of the molecule is CC(C)CC(=O)CCC(C)SC(C)C. The van der Waals surface area contributed by atoms with Crippen molar-refractivity contribution in [3.8, 4) is 0 Å². The molecule has 0 heterocycles.